The van der Waals surface area contributed by atoms with Gasteiger partial charge in [0.15, 0.2) is 6.79 Å². The first-order valence-electron chi connectivity index (χ1n) is 2.27. The summed E-state index contributed by atoms with van der Waals surface area (Å²) < 4.78 is 9.76. The van der Waals surface area contributed by atoms with Crippen LogP contribution in [0.3, 0.4) is 0 Å². The van der Waals surface area contributed by atoms with E-state index in [4.69, 9.17) is 9.47 Å². The van der Waals surface area contributed by atoms with E-state index < -0.39 is 0 Å². The number of hydrogen-bond acceptors (Lipinski definition) is 2. The fraction of sp³-hybridized carbons (Fsp3) is 0.600. The molecular weight excluding hydrogens is 92.1 g/mol. The molecule has 1 aliphatic heterocycles. The smallest absolute Gasteiger partial charge is 0.188 e. The average Bonchev–Trinajstić information content (AvgIpc) is 1.69. The van der Waals surface area contributed by atoms with Crippen molar-refractivity contribution in [3.05, 3.63) is 11.8 Å². The summed E-state index contributed by atoms with van der Waals surface area (Å²) in [5, 5.41) is 0. The van der Waals surface area contributed by atoms with E-state index in [2.05, 4.69) is 0 Å². The molecule has 0 radical (unpaired) electrons. The van der Waals surface area contributed by atoms with Gasteiger partial charge in [-0.25, -0.2) is 0 Å². The summed E-state index contributed by atoms with van der Waals surface area (Å²) in [5.41, 5.74) is 0. The van der Waals surface area contributed by atoms with Crippen LogP contribution >= 0.6 is 0 Å². The Morgan fingerprint density at radius 1 is 1.71 bits per heavy atom. The fourth-order valence-corrected chi connectivity index (χ4v) is 0.418. The second-order valence-corrected chi connectivity index (χ2v) is 1.45. The summed E-state index contributed by atoms with van der Waals surface area (Å²) in [7, 11) is 0. The number of hydrogen-bond donors (Lipinski definition) is 0. The first-order valence-corrected chi connectivity index (χ1v) is 2.27. The molecule has 0 saturated carbocycles. The predicted octanol–water partition coefficient (Wildman–Crippen LogP) is 0.895. The van der Waals surface area contributed by atoms with Crippen molar-refractivity contribution in [3.63, 3.8) is 0 Å². The Hall–Kier alpha value is -0.500. The SMILES string of the molecule is CC1=CCOCO1. The maximum atomic E-state index is 4.92. The van der Waals surface area contributed by atoms with Crippen molar-refractivity contribution in [2.24, 2.45) is 0 Å². The quantitative estimate of drug-likeness (QED) is 0.450. The maximum Gasteiger partial charge on any atom is 0.188 e. The minimum Gasteiger partial charge on any atom is -0.472 e. The van der Waals surface area contributed by atoms with Crippen LogP contribution in [-0.4, -0.2) is 13.4 Å². The van der Waals surface area contributed by atoms with Gasteiger partial charge < -0.3 is 9.47 Å². The molecule has 0 fully saturated rings. The molecule has 1 heterocycles. The van der Waals surface area contributed by atoms with Gasteiger partial charge >= 0.3 is 0 Å². The Morgan fingerprint density at radius 2 is 2.57 bits per heavy atom. The third kappa shape index (κ3) is 1.20. The Bertz CT molecular complexity index is 86.1. The van der Waals surface area contributed by atoms with Crippen molar-refractivity contribution < 1.29 is 9.47 Å². The molecule has 0 amide bonds. The van der Waals surface area contributed by atoms with Crippen molar-refractivity contribution in [1.29, 1.82) is 0 Å². The summed E-state index contributed by atoms with van der Waals surface area (Å²) >= 11 is 0. The molecule has 0 aliphatic carbocycles. The van der Waals surface area contributed by atoms with Crippen LogP contribution in [-0.2, 0) is 9.47 Å². The van der Waals surface area contributed by atoms with Crippen molar-refractivity contribution in [2.75, 3.05) is 13.4 Å². The monoisotopic (exact) mass is 100 g/mol. The highest BCUT2D eigenvalue weighted by Crippen LogP contribution is 1.99. The molecule has 0 unspecified atom stereocenters. The van der Waals surface area contributed by atoms with Crippen LogP contribution in [0.2, 0.25) is 0 Å². The molecule has 0 N–H and O–H groups in total. The minimum atomic E-state index is 0.419. The van der Waals surface area contributed by atoms with Gasteiger partial charge in [0.25, 0.3) is 0 Å². The molecule has 0 atom stereocenters. The molecule has 40 valence electrons. The Labute approximate surface area is 42.7 Å². The van der Waals surface area contributed by atoms with Crippen molar-refractivity contribution in [2.45, 2.75) is 6.92 Å². The Balaban J connectivity index is 2.40. The lowest BCUT2D eigenvalue weighted by Gasteiger charge is -2.10. The molecule has 0 aromatic carbocycles. The van der Waals surface area contributed by atoms with Crippen LogP contribution in [0.15, 0.2) is 11.8 Å². The summed E-state index contributed by atoms with van der Waals surface area (Å²) in [6.45, 7) is 3.04. The zero-order valence-corrected chi connectivity index (χ0v) is 4.31. The summed E-state index contributed by atoms with van der Waals surface area (Å²) in [5.74, 6) is 0.964. The van der Waals surface area contributed by atoms with Gasteiger partial charge in [0.05, 0.1) is 12.4 Å². The molecule has 0 spiro atoms. The number of allylic oxidation sites excluding steroid dienone is 1. The molecule has 0 saturated heterocycles. The van der Waals surface area contributed by atoms with E-state index >= 15 is 0 Å². The fourth-order valence-electron chi connectivity index (χ4n) is 0.418. The van der Waals surface area contributed by atoms with Crippen molar-refractivity contribution >= 4 is 0 Å². The van der Waals surface area contributed by atoms with Crippen LogP contribution in [0.4, 0.5) is 0 Å². The highest BCUT2D eigenvalue weighted by atomic mass is 16.7. The number of ether oxygens (including phenoxy) is 2. The molecule has 0 aromatic rings. The van der Waals surface area contributed by atoms with Gasteiger partial charge in [-0.2, -0.15) is 0 Å². The van der Waals surface area contributed by atoms with Gasteiger partial charge in [-0.3, -0.25) is 0 Å². The van der Waals surface area contributed by atoms with E-state index in [1.165, 1.54) is 0 Å². The zero-order chi connectivity index (χ0) is 5.11. The number of rotatable bonds is 0. The molecule has 1 aliphatic rings. The topological polar surface area (TPSA) is 18.5 Å². The van der Waals surface area contributed by atoms with Gasteiger partial charge in [0, 0.05) is 0 Å². The van der Waals surface area contributed by atoms with E-state index in [-0.39, 0.29) is 0 Å². The van der Waals surface area contributed by atoms with E-state index in [0.717, 1.165) is 5.76 Å². The van der Waals surface area contributed by atoms with Gasteiger partial charge in [0.1, 0.15) is 0 Å². The first kappa shape index (κ1) is 4.65. The van der Waals surface area contributed by atoms with Gasteiger partial charge in [-0.15, -0.1) is 0 Å². The predicted molar refractivity (Wildman–Crippen MR) is 25.7 cm³/mol. The van der Waals surface area contributed by atoms with Crippen LogP contribution < -0.4 is 0 Å². The molecule has 1 rings (SSSR count). The average molecular weight is 100 g/mol. The van der Waals surface area contributed by atoms with E-state index in [1.807, 2.05) is 13.0 Å². The van der Waals surface area contributed by atoms with Crippen LogP contribution in [0.25, 0.3) is 0 Å². The third-order valence-electron chi connectivity index (χ3n) is 0.859. The summed E-state index contributed by atoms with van der Waals surface area (Å²) in [4.78, 5) is 0. The Morgan fingerprint density at radius 3 is 2.86 bits per heavy atom. The zero-order valence-electron chi connectivity index (χ0n) is 4.31. The van der Waals surface area contributed by atoms with Crippen molar-refractivity contribution in [3.8, 4) is 0 Å². The normalized spacial score (nSPS) is 20.4. The largest absolute Gasteiger partial charge is 0.472 e. The lowest BCUT2D eigenvalue weighted by molar-refractivity contribution is -0.0291. The summed E-state index contributed by atoms with van der Waals surface area (Å²) in [6.07, 6.45) is 1.91. The van der Waals surface area contributed by atoms with E-state index in [0.29, 0.717) is 13.4 Å². The van der Waals surface area contributed by atoms with Gasteiger partial charge in [0.2, 0.25) is 0 Å². The molecular formula is C5H8O2. The first-order chi connectivity index (χ1) is 3.39. The van der Waals surface area contributed by atoms with Crippen LogP contribution in [0, 0.1) is 0 Å². The van der Waals surface area contributed by atoms with E-state index in [1.54, 1.807) is 0 Å². The summed E-state index contributed by atoms with van der Waals surface area (Å²) in [6, 6.07) is 0. The third-order valence-corrected chi connectivity index (χ3v) is 0.859. The van der Waals surface area contributed by atoms with Crippen LogP contribution in [0.1, 0.15) is 6.92 Å². The highest BCUT2D eigenvalue weighted by Gasteiger charge is 1.94. The Kier molecular flexibility index (Phi) is 1.32. The minimum absolute atomic E-state index is 0.419. The molecule has 7 heavy (non-hydrogen) atoms. The molecule has 0 aromatic heterocycles. The maximum absolute atomic E-state index is 4.92. The van der Waals surface area contributed by atoms with Gasteiger partial charge in [-0.1, -0.05) is 0 Å². The lowest BCUT2D eigenvalue weighted by atomic mass is 10.5. The van der Waals surface area contributed by atoms with Crippen molar-refractivity contribution in [1.82, 2.24) is 0 Å². The van der Waals surface area contributed by atoms with Crippen LogP contribution in [0.5, 0.6) is 0 Å². The molecule has 2 nitrogen and oxygen atoms in total. The second kappa shape index (κ2) is 1.98. The van der Waals surface area contributed by atoms with E-state index in [9.17, 15) is 0 Å². The molecule has 2 heteroatoms. The second-order valence-electron chi connectivity index (χ2n) is 1.45. The standard InChI is InChI=1S/C5H8O2/c1-5-2-3-6-4-7-5/h2H,3-4H2,1H3. The molecule has 0 bridgehead atoms. The van der Waals surface area contributed by atoms with Gasteiger partial charge in [-0.05, 0) is 13.0 Å². The highest BCUT2D eigenvalue weighted by molar-refractivity contribution is 4.89. The lowest BCUT2D eigenvalue weighted by Crippen LogP contribution is -2.04.